The summed E-state index contributed by atoms with van der Waals surface area (Å²) in [7, 11) is 0. The molecule has 3 rings (SSSR count). The summed E-state index contributed by atoms with van der Waals surface area (Å²) in [6, 6.07) is 6.13. The Hall–Kier alpha value is -1.64. The van der Waals surface area contributed by atoms with Crippen LogP contribution in [-0.4, -0.2) is 11.0 Å². The minimum absolute atomic E-state index is 0.0401. The van der Waals surface area contributed by atoms with Crippen molar-refractivity contribution in [1.29, 1.82) is 0 Å². The van der Waals surface area contributed by atoms with Gasteiger partial charge in [-0.25, -0.2) is 4.39 Å². The number of anilines is 1. The molecule has 2 aromatic rings. The van der Waals surface area contributed by atoms with Crippen LogP contribution in [0.1, 0.15) is 78.5 Å². The van der Waals surface area contributed by atoms with E-state index in [1.165, 1.54) is 12.8 Å². The summed E-state index contributed by atoms with van der Waals surface area (Å²) in [6.07, 6.45) is 4.71. The Morgan fingerprint density at radius 3 is 2.16 bits per heavy atom. The molecule has 1 heterocycles. The first-order valence-electron chi connectivity index (χ1n) is 9.47. The van der Waals surface area contributed by atoms with Crippen molar-refractivity contribution in [1.82, 2.24) is 4.98 Å². The van der Waals surface area contributed by atoms with Gasteiger partial charge in [0.05, 0.1) is 11.2 Å². The van der Waals surface area contributed by atoms with Gasteiger partial charge in [-0.15, -0.1) is 0 Å². The van der Waals surface area contributed by atoms with Gasteiger partial charge in [-0.2, -0.15) is 0 Å². The van der Waals surface area contributed by atoms with E-state index in [0.717, 1.165) is 35.0 Å². The van der Waals surface area contributed by atoms with Gasteiger partial charge in [0.15, 0.2) is 0 Å². The number of aromatic nitrogens is 1. The van der Waals surface area contributed by atoms with E-state index < -0.39 is 0 Å². The first-order chi connectivity index (χ1) is 11.6. The molecule has 1 saturated carbocycles. The summed E-state index contributed by atoms with van der Waals surface area (Å²) >= 11 is 0. The quantitative estimate of drug-likeness (QED) is 0.690. The van der Waals surface area contributed by atoms with E-state index in [2.05, 4.69) is 52.9 Å². The number of hydrogen-bond donors (Lipinski definition) is 1. The zero-order chi connectivity index (χ0) is 18.4. The molecule has 1 fully saturated rings. The van der Waals surface area contributed by atoms with Crippen LogP contribution < -0.4 is 5.32 Å². The lowest BCUT2D eigenvalue weighted by atomic mass is 9.81. The topological polar surface area (TPSA) is 24.9 Å². The zero-order valence-electron chi connectivity index (χ0n) is 16.5. The van der Waals surface area contributed by atoms with Gasteiger partial charge in [0, 0.05) is 22.5 Å². The third kappa shape index (κ3) is 3.80. The van der Waals surface area contributed by atoms with Gasteiger partial charge in [-0.3, -0.25) is 4.98 Å². The second-order valence-electron chi connectivity index (χ2n) is 9.53. The Labute approximate surface area is 151 Å². The Morgan fingerprint density at radius 1 is 0.960 bits per heavy atom. The lowest BCUT2D eigenvalue weighted by Crippen LogP contribution is -2.19. The largest absolute Gasteiger partial charge is 0.380 e. The maximum atomic E-state index is 14.8. The summed E-state index contributed by atoms with van der Waals surface area (Å²) in [6.45, 7) is 13.1. The molecule has 3 heteroatoms. The van der Waals surface area contributed by atoms with E-state index >= 15 is 0 Å². The first-order valence-corrected chi connectivity index (χ1v) is 9.47. The molecule has 0 unspecified atom stereocenters. The fraction of sp³-hybridized carbons (Fsp3) is 0.591. The second kappa shape index (κ2) is 6.26. The van der Waals surface area contributed by atoms with Crippen molar-refractivity contribution in [3.63, 3.8) is 0 Å². The molecule has 136 valence electrons. The minimum Gasteiger partial charge on any atom is -0.380 e. The fourth-order valence-electron chi connectivity index (χ4n) is 3.65. The van der Waals surface area contributed by atoms with E-state index in [1.54, 1.807) is 6.07 Å². The summed E-state index contributed by atoms with van der Waals surface area (Å²) < 4.78 is 14.8. The molecule has 1 aromatic heterocycles. The van der Waals surface area contributed by atoms with Gasteiger partial charge in [0.25, 0.3) is 0 Å². The second-order valence-corrected chi connectivity index (χ2v) is 9.53. The van der Waals surface area contributed by atoms with Gasteiger partial charge >= 0.3 is 0 Å². The monoisotopic (exact) mass is 342 g/mol. The summed E-state index contributed by atoms with van der Waals surface area (Å²) in [5, 5.41) is 4.33. The molecule has 1 N–H and O–H groups in total. The molecule has 0 amide bonds. The van der Waals surface area contributed by atoms with Gasteiger partial charge < -0.3 is 5.32 Å². The first kappa shape index (κ1) is 18.2. The fourth-order valence-corrected chi connectivity index (χ4v) is 3.65. The molecule has 2 nitrogen and oxygen atoms in total. The maximum absolute atomic E-state index is 14.8. The number of fused-ring (bicyclic) bond motifs is 1. The van der Waals surface area contributed by atoms with Gasteiger partial charge in [0.1, 0.15) is 5.82 Å². The van der Waals surface area contributed by atoms with Crippen molar-refractivity contribution in [3.8, 4) is 0 Å². The van der Waals surface area contributed by atoms with Crippen LogP contribution in [0.25, 0.3) is 10.9 Å². The Morgan fingerprint density at radius 2 is 1.60 bits per heavy atom. The molecular weight excluding hydrogens is 311 g/mol. The van der Waals surface area contributed by atoms with Crippen LogP contribution in [0.15, 0.2) is 18.2 Å². The number of pyridine rings is 1. The molecule has 1 aromatic carbocycles. The van der Waals surface area contributed by atoms with Crippen molar-refractivity contribution in [3.05, 3.63) is 35.3 Å². The van der Waals surface area contributed by atoms with E-state index in [0.29, 0.717) is 11.7 Å². The van der Waals surface area contributed by atoms with Crippen molar-refractivity contribution in [2.75, 3.05) is 5.32 Å². The molecule has 0 aliphatic heterocycles. The van der Waals surface area contributed by atoms with E-state index in [9.17, 15) is 4.39 Å². The normalized spacial score (nSPS) is 16.6. The van der Waals surface area contributed by atoms with Gasteiger partial charge in [-0.05, 0) is 42.0 Å². The van der Waals surface area contributed by atoms with Crippen LogP contribution in [0.5, 0.6) is 0 Å². The lowest BCUT2D eigenvalue weighted by molar-refractivity contribution is 0.557. The number of benzene rings is 1. The molecule has 0 radical (unpaired) electrons. The Balaban J connectivity index is 2.16. The Kier molecular flexibility index (Phi) is 4.55. The van der Waals surface area contributed by atoms with Crippen LogP contribution in [0.4, 0.5) is 10.1 Å². The zero-order valence-corrected chi connectivity index (χ0v) is 16.5. The average molecular weight is 343 g/mol. The van der Waals surface area contributed by atoms with Crippen LogP contribution in [0, 0.1) is 5.82 Å². The predicted octanol–water partition coefficient (Wildman–Crippen LogP) is 6.32. The smallest absolute Gasteiger partial charge is 0.147 e. The van der Waals surface area contributed by atoms with Crippen LogP contribution in [-0.2, 0) is 10.8 Å². The van der Waals surface area contributed by atoms with E-state index in [1.807, 2.05) is 6.07 Å². The third-order valence-electron chi connectivity index (χ3n) is 5.19. The summed E-state index contributed by atoms with van der Waals surface area (Å²) in [5.74, 6) is -0.171. The maximum Gasteiger partial charge on any atom is 0.147 e. The van der Waals surface area contributed by atoms with Crippen LogP contribution in [0.3, 0.4) is 0 Å². The molecule has 1 aliphatic rings. The van der Waals surface area contributed by atoms with Crippen molar-refractivity contribution in [2.45, 2.75) is 84.1 Å². The summed E-state index contributed by atoms with van der Waals surface area (Å²) in [5.41, 5.74) is 3.60. The molecule has 1 aliphatic carbocycles. The predicted molar refractivity (Wildman–Crippen MR) is 105 cm³/mol. The molecule has 0 bridgehead atoms. The van der Waals surface area contributed by atoms with E-state index in [-0.39, 0.29) is 16.6 Å². The molecular formula is C22H31FN2. The molecule has 0 spiro atoms. The molecule has 0 saturated heterocycles. The minimum atomic E-state index is -0.171. The number of nitrogens with zero attached hydrogens (tertiary/aromatic N) is 1. The highest BCUT2D eigenvalue weighted by atomic mass is 19.1. The Bertz CT molecular complexity index is 775. The van der Waals surface area contributed by atoms with E-state index in [4.69, 9.17) is 4.98 Å². The summed E-state index contributed by atoms with van der Waals surface area (Å²) in [4.78, 5) is 4.89. The highest BCUT2D eigenvalue weighted by molar-refractivity contribution is 5.87. The number of nitrogens with one attached hydrogen (secondary N) is 1. The van der Waals surface area contributed by atoms with Gasteiger partial charge in [0.2, 0.25) is 0 Å². The number of rotatable bonds is 2. The highest BCUT2D eigenvalue weighted by Crippen LogP contribution is 2.36. The average Bonchev–Trinajstić information content (AvgIpc) is 2.98. The van der Waals surface area contributed by atoms with Crippen LogP contribution >= 0.6 is 0 Å². The van der Waals surface area contributed by atoms with Crippen molar-refractivity contribution in [2.24, 2.45) is 0 Å². The van der Waals surface area contributed by atoms with Crippen molar-refractivity contribution >= 4 is 16.6 Å². The lowest BCUT2D eigenvalue weighted by Gasteiger charge is -2.26. The van der Waals surface area contributed by atoms with Crippen molar-refractivity contribution < 1.29 is 4.39 Å². The molecule has 0 atom stereocenters. The number of hydrogen-bond acceptors (Lipinski definition) is 2. The third-order valence-corrected chi connectivity index (χ3v) is 5.19. The van der Waals surface area contributed by atoms with Crippen LogP contribution in [0.2, 0.25) is 0 Å². The SMILES string of the molecule is CC(C)(C)c1cc(C(C)(C)C)c2cc(F)c(NC3CCCC3)cc2n1. The molecule has 25 heavy (non-hydrogen) atoms. The van der Waals surface area contributed by atoms with Gasteiger partial charge in [-0.1, -0.05) is 54.4 Å². The number of halogens is 1. The highest BCUT2D eigenvalue weighted by Gasteiger charge is 2.25. The standard InChI is InChI=1S/C22H31FN2/c1-21(2,3)16-12-20(22(4,5)6)25-18-13-19(17(23)11-15(16)18)24-14-9-7-8-10-14/h11-14,24H,7-10H2,1-6H3.